The summed E-state index contributed by atoms with van der Waals surface area (Å²) in [6, 6.07) is 11.7. The fourth-order valence-corrected chi connectivity index (χ4v) is 2.42. The van der Waals surface area contributed by atoms with Crippen LogP contribution in [0.3, 0.4) is 0 Å². The quantitative estimate of drug-likeness (QED) is 0.905. The van der Waals surface area contributed by atoms with Crippen LogP contribution in [-0.2, 0) is 0 Å². The lowest BCUT2D eigenvalue weighted by Gasteiger charge is -2.22. The molecule has 1 N–H and O–H groups in total. The lowest BCUT2D eigenvalue weighted by Crippen LogP contribution is -2.24. The van der Waals surface area contributed by atoms with Crippen molar-refractivity contribution in [3.05, 3.63) is 59.3 Å². The zero-order valence-corrected chi connectivity index (χ0v) is 12.4. The third-order valence-electron chi connectivity index (χ3n) is 3.57. The van der Waals surface area contributed by atoms with Crippen molar-refractivity contribution in [3.63, 3.8) is 0 Å². The summed E-state index contributed by atoms with van der Waals surface area (Å²) in [5.74, 6) is 0.999. The molecule has 2 rings (SSSR count). The number of nitrogens with zero attached hydrogens (tertiary/aromatic N) is 2. The van der Waals surface area contributed by atoms with E-state index in [1.807, 2.05) is 43.3 Å². The van der Waals surface area contributed by atoms with E-state index in [0.717, 1.165) is 35.6 Å². The molecule has 0 unspecified atom stereocenters. The van der Waals surface area contributed by atoms with Crippen molar-refractivity contribution < 1.29 is 5.11 Å². The van der Waals surface area contributed by atoms with Crippen LogP contribution in [0.5, 0.6) is 0 Å². The fourth-order valence-electron chi connectivity index (χ4n) is 2.42. The van der Waals surface area contributed by atoms with Crippen LogP contribution in [0, 0.1) is 6.92 Å². The number of rotatable bonds is 5. The monoisotopic (exact) mass is 270 g/mol. The zero-order chi connectivity index (χ0) is 14.5. The molecule has 3 nitrogen and oxygen atoms in total. The van der Waals surface area contributed by atoms with Gasteiger partial charge < -0.3 is 10.0 Å². The van der Waals surface area contributed by atoms with E-state index in [4.69, 9.17) is 0 Å². The predicted octanol–water partition coefficient (Wildman–Crippen LogP) is 3.32. The maximum absolute atomic E-state index is 10.4. The van der Waals surface area contributed by atoms with Gasteiger partial charge >= 0.3 is 0 Å². The van der Waals surface area contributed by atoms with Gasteiger partial charge in [-0.05, 0) is 38.0 Å². The molecule has 0 spiro atoms. The number of anilines is 1. The Morgan fingerprint density at radius 2 is 1.75 bits per heavy atom. The molecule has 1 atom stereocenters. The van der Waals surface area contributed by atoms with Gasteiger partial charge in [0.25, 0.3) is 0 Å². The van der Waals surface area contributed by atoms with Gasteiger partial charge in [-0.2, -0.15) is 0 Å². The van der Waals surface area contributed by atoms with E-state index in [1.54, 1.807) is 6.20 Å². The Hall–Kier alpha value is -1.87. The van der Waals surface area contributed by atoms with E-state index in [1.165, 1.54) is 0 Å². The highest BCUT2D eigenvalue weighted by Gasteiger charge is 2.13. The number of hydrogen-bond acceptors (Lipinski definition) is 3. The summed E-state index contributed by atoms with van der Waals surface area (Å²) in [5, 5.41) is 10.4. The number of hydrogen-bond donors (Lipinski definition) is 1. The fraction of sp³-hybridized carbons (Fsp3) is 0.353. The standard InChI is InChI=1S/C17H22N2O/c1-4-19(5-2)17-13(3)11-15(12-18-17)16(20)14-9-7-6-8-10-14/h6-12,16,20H,4-5H2,1-3H3/t16-/m0/s1. The van der Waals surface area contributed by atoms with Crippen LogP contribution in [-0.4, -0.2) is 23.2 Å². The molecule has 0 fully saturated rings. The number of aliphatic hydroxyl groups excluding tert-OH is 1. The Balaban J connectivity index is 2.29. The minimum atomic E-state index is -0.617. The molecular formula is C17H22N2O. The number of aromatic nitrogens is 1. The smallest absolute Gasteiger partial charge is 0.131 e. The normalized spacial score (nSPS) is 12.2. The second kappa shape index (κ2) is 6.53. The van der Waals surface area contributed by atoms with Gasteiger partial charge in [-0.1, -0.05) is 30.3 Å². The van der Waals surface area contributed by atoms with Crippen molar-refractivity contribution in [2.45, 2.75) is 26.9 Å². The van der Waals surface area contributed by atoms with Crippen molar-refractivity contribution in [1.29, 1.82) is 0 Å². The van der Waals surface area contributed by atoms with Gasteiger partial charge in [-0.25, -0.2) is 4.98 Å². The maximum atomic E-state index is 10.4. The lowest BCUT2D eigenvalue weighted by atomic mass is 10.0. The third kappa shape index (κ3) is 2.99. The number of aliphatic hydroxyl groups is 1. The van der Waals surface area contributed by atoms with Gasteiger partial charge in [-0.15, -0.1) is 0 Å². The topological polar surface area (TPSA) is 36.4 Å². The molecule has 0 aliphatic rings. The molecule has 2 aromatic rings. The van der Waals surface area contributed by atoms with Crippen LogP contribution in [0.4, 0.5) is 5.82 Å². The third-order valence-corrected chi connectivity index (χ3v) is 3.57. The predicted molar refractivity (Wildman–Crippen MR) is 83.0 cm³/mol. The first-order valence-electron chi connectivity index (χ1n) is 7.11. The van der Waals surface area contributed by atoms with Gasteiger partial charge in [0.2, 0.25) is 0 Å². The summed E-state index contributed by atoms with van der Waals surface area (Å²) in [7, 11) is 0. The minimum Gasteiger partial charge on any atom is -0.384 e. The molecule has 106 valence electrons. The Morgan fingerprint density at radius 1 is 1.10 bits per heavy atom. The highest BCUT2D eigenvalue weighted by atomic mass is 16.3. The Morgan fingerprint density at radius 3 is 2.30 bits per heavy atom. The largest absolute Gasteiger partial charge is 0.384 e. The zero-order valence-electron chi connectivity index (χ0n) is 12.4. The maximum Gasteiger partial charge on any atom is 0.131 e. The van der Waals surface area contributed by atoms with Crippen molar-refractivity contribution in [1.82, 2.24) is 4.98 Å². The summed E-state index contributed by atoms with van der Waals surface area (Å²) in [5.41, 5.74) is 2.83. The van der Waals surface area contributed by atoms with Crippen LogP contribution in [0.1, 0.15) is 36.6 Å². The van der Waals surface area contributed by atoms with Gasteiger partial charge in [0.05, 0.1) is 0 Å². The summed E-state index contributed by atoms with van der Waals surface area (Å²) < 4.78 is 0. The molecule has 3 heteroatoms. The molecule has 0 saturated heterocycles. The van der Waals surface area contributed by atoms with E-state index in [9.17, 15) is 5.11 Å². The number of aryl methyl sites for hydroxylation is 1. The molecule has 0 amide bonds. The van der Waals surface area contributed by atoms with Crippen LogP contribution < -0.4 is 4.90 Å². The molecule has 1 aromatic heterocycles. The average molecular weight is 270 g/mol. The lowest BCUT2D eigenvalue weighted by molar-refractivity contribution is 0.220. The van der Waals surface area contributed by atoms with Crippen molar-refractivity contribution >= 4 is 5.82 Å². The van der Waals surface area contributed by atoms with Gasteiger partial charge in [0.1, 0.15) is 11.9 Å². The average Bonchev–Trinajstić information content (AvgIpc) is 2.50. The van der Waals surface area contributed by atoms with E-state index < -0.39 is 6.10 Å². The highest BCUT2D eigenvalue weighted by molar-refractivity contribution is 5.48. The number of benzene rings is 1. The second-order valence-corrected chi connectivity index (χ2v) is 4.89. The van der Waals surface area contributed by atoms with E-state index in [2.05, 4.69) is 23.7 Å². The first-order valence-corrected chi connectivity index (χ1v) is 7.11. The summed E-state index contributed by atoms with van der Waals surface area (Å²) >= 11 is 0. The van der Waals surface area contributed by atoms with E-state index >= 15 is 0 Å². The summed E-state index contributed by atoms with van der Waals surface area (Å²) in [6.45, 7) is 8.16. The number of pyridine rings is 1. The van der Waals surface area contributed by atoms with Crippen molar-refractivity contribution in [3.8, 4) is 0 Å². The van der Waals surface area contributed by atoms with Crippen LogP contribution >= 0.6 is 0 Å². The Kier molecular flexibility index (Phi) is 4.74. The van der Waals surface area contributed by atoms with Crippen LogP contribution in [0.2, 0.25) is 0 Å². The molecule has 1 heterocycles. The molecular weight excluding hydrogens is 248 g/mol. The molecule has 20 heavy (non-hydrogen) atoms. The van der Waals surface area contributed by atoms with Crippen molar-refractivity contribution in [2.24, 2.45) is 0 Å². The highest BCUT2D eigenvalue weighted by Crippen LogP contribution is 2.25. The second-order valence-electron chi connectivity index (χ2n) is 4.89. The first-order chi connectivity index (χ1) is 9.67. The van der Waals surface area contributed by atoms with Gasteiger partial charge in [-0.3, -0.25) is 0 Å². The van der Waals surface area contributed by atoms with Crippen LogP contribution in [0.15, 0.2) is 42.6 Å². The Bertz CT molecular complexity index is 550. The first kappa shape index (κ1) is 14.5. The molecule has 1 aromatic carbocycles. The minimum absolute atomic E-state index is 0.617. The van der Waals surface area contributed by atoms with Gasteiger partial charge in [0.15, 0.2) is 0 Å². The molecule has 0 saturated carbocycles. The molecule has 0 bridgehead atoms. The summed E-state index contributed by atoms with van der Waals surface area (Å²) in [4.78, 5) is 6.75. The molecule has 0 aliphatic carbocycles. The van der Waals surface area contributed by atoms with E-state index in [-0.39, 0.29) is 0 Å². The Labute approximate surface area is 120 Å². The molecule has 0 aliphatic heterocycles. The summed E-state index contributed by atoms with van der Waals surface area (Å²) in [6.07, 6.45) is 1.16. The van der Waals surface area contributed by atoms with Gasteiger partial charge in [0, 0.05) is 24.8 Å². The molecule has 0 radical (unpaired) electrons. The van der Waals surface area contributed by atoms with Crippen molar-refractivity contribution in [2.75, 3.05) is 18.0 Å². The SMILES string of the molecule is CCN(CC)c1ncc([C@@H](O)c2ccccc2)cc1C. The van der Waals surface area contributed by atoms with E-state index in [0.29, 0.717) is 0 Å². The van der Waals surface area contributed by atoms with Crippen LogP contribution in [0.25, 0.3) is 0 Å².